The first kappa shape index (κ1) is 17.0. The lowest BCUT2D eigenvalue weighted by atomic mass is 10.1. The number of fused-ring (bicyclic) bond motifs is 1. The Bertz CT molecular complexity index is 902. The molecule has 3 aromatic rings. The van der Waals surface area contributed by atoms with E-state index in [4.69, 9.17) is 4.74 Å². The van der Waals surface area contributed by atoms with E-state index in [9.17, 15) is 9.90 Å². The molecule has 0 saturated carbocycles. The highest BCUT2D eigenvalue weighted by Crippen LogP contribution is 2.26. The Kier molecular flexibility index (Phi) is 5.35. The van der Waals surface area contributed by atoms with Gasteiger partial charge in [-0.25, -0.2) is 0 Å². The Morgan fingerprint density at radius 1 is 1.24 bits per heavy atom. The summed E-state index contributed by atoms with van der Waals surface area (Å²) in [5.41, 5.74) is 0. The molecule has 0 radical (unpaired) electrons. The van der Waals surface area contributed by atoms with Crippen LogP contribution in [-0.2, 0) is 17.9 Å². The van der Waals surface area contributed by atoms with Crippen molar-refractivity contribution >= 4 is 28.5 Å². The van der Waals surface area contributed by atoms with Gasteiger partial charge in [-0.15, -0.1) is 16.8 Å². The van der Waals surface area contributed by atoms with Crippen LogP contribution in [0.1, 0.15) is 5.82 Å². The average Bonchev–Trinajstić information content (AvgIpc) is 3.00. The number of carboxylic acid groups (broad SMARTS) is 1. The van der Waals surface area contributed by atoms with Crippen LogP contribution in [0, 0.1) is 0 Å². The molecule has 1 heterocycles. The summed E-state index contributed by atoms with van der Waals surface area (Å²) in [5, 5.41) is 21.4. The molecular formula is C18H16N3O3S-. The molecule has 0 atom stereocenters. The van der Waals surface area contributed by atoms with E-state index in [0.29, 0.717) is 17.5 Å². The lowest BCUT2D eigenvalue weighted by molar-refractivity contribution is -0.301. The van der Waals surface area contributed by atoms with Crippen LogP contribution in [-0.4, -0.2) is 26.5 Å². The van der Waals surface area contributed by atoms with Gasteiger partial charge in [0.2, 0.25) is 0 Å². The van der Waals surface area contributed by atoms with E-state index in [1.54, 1.807) is 10.6 Å². The number of rotatable bonds is 8. The number of carbonyl (C=O) groups excluding carboxylic acids is 1. The van der Waals surface area contributed by atoms with Crippen LogP contribution in [0.2, 0.25) is 0 Å². The molecule has 6 nitrogen and oxygen atoms in total. The number of allylic oxidation sites excluding steroid dienone is 1. The van der Waals surface area contributed by atoms with E-state index < -0.39 is 5.97 Å². The van der Waals surface area contributed by atoms with Gasteiger partial charge < -0.3 is 14.6 Å². The van der Waals surface area contributed by atoms with Crippen molar-refractivity contribution in [3.05, 3.63) is 60.9 Å². The molecule has 0 bridgehead atoms. The van der Waals surface area contributed by atoms with E-state index in [-0.39, 0.29) is 12.4 Å². The fraction of sp³-hybridized carbons (Fsp3) is 0.167. The maximum atomic E-state index is 10.6. The fourth-order valence-electron chi connectivity index (χ4n) is 2.43. The van der Waals surface area contributed by atoms with Crippen LogP contribution < -0.4 is 9.84 Å². The standard InChI is InChI=1S/C18H17N3O3S/c1-2-10-21-16(19-20-18(21)25-12-17(22)23)11-24-15-9-5-7-13-6-3-4-8-14(13)15/h2-9H,1,10-12H2,(H,22,23)/p-1. The van der Waals surface area contributed by atoms with Gasteiger partial charge in [-0.1, -0.05) is 54.2 Å². The van der Waals surface area contributed by atoms with Gasteiger partial charge >= 0.3 is 0 Å². The molecule has 0 aliphatic carbocycles. The summed E-state index contributed by atoms with van der Waals surface area (Å²) in [4.78, 5) is 10.6. The first-order chi connectivity index (χ1) is 12.2. The zero-order valence-electron chi connectivity index (χ0n) is 13.4. The second-order valence-corrected chi connectivity index (χ2v) is 6.17. The van der Waals surface area contributed by atoms with Gasteiger partial charge in [0, 0.05) is 17.7 Å². The number of carbonyl (C=O) groups is 1. The highest BCUT2D eigenvalue weighted by molar-refractivity contribution is 7.99. The van der Waals surface area contributed by atoms with Gasteiger partial charge in [-0.05, 0) is 11.5 Å². The molecule has 0 spiro atoms. The van der Waals surface area contributed by atoms with Crippen molar-refractivity contribution in [2.75, 3.05) is 5.75 Å². The van der Waals surface area contributed by atoms with Crippen LogP contribution in [0.3, 0.4) is 0 Å². The minimum atomic E-state index is -1.15. The first-order valence-electron chi connectivity index (χ1n) is 7.65. The smallest absolute Gasteiger partial charge is 0.191 e. The van der Waals surface area contributed by atoms with Gasteiger partial charge in [0.1, 0.15) is 12.4 Å². The molecule has 25 heavy (non-hydrogen) atoms. The lowest BCUT2D eigenvalue weighted by Crippen LogP contribution is -2.24. The van der Waals surface area contributed by atoms with Gasteiger partial charge in [0.25, 0.3) is 0 Å². The molecular weight excluding hydrogens is 338 g/mol. The van der Waals surface area contributed by atoms with Crippen molar-refractivity contribution in [2.45, 2.75) is 18.3 Å². The molecule has 0 aliphatic heterocycles. The number of aliphatic carboxylic acids is 1. The number of ether oxygens (including phenoxy) is 1. The fourth-order valence-corrected chi connectivity index (χ4v) is 3.11. The quantitative estimate of drug-likeness (QED) is 0.455. The molecule has 0 aliphatic rings. The van der Waals surface area contributed by atoms with Gasteiger partial charge in [-0.2, -0.15) is 0 Å². The van der Waals surface area contributed by atoms with E-state index >= 15 is 0 Å². The van der Waals surface area contributed by atoms with Crippen molar-refractivity contribution in [1.82, 2.24) is 14.8 Å². The number of thioether (sulfide) groups is 1. The minimum absolute atomic E-state index is 0.181. The predicted molar refractivity (Wildman–Crippen MR) is 94.2 cm³/mol. The normalized spacial score (nSPS) is 10.7. The van der Waals surface area contributed by atoms with E-state index in [2.05, 4.69) is 16.8 Å². The van der Waals surface area contributed by atoms with Crippen LogP contribution in [0.4, 0.5) is 0 Å². The molecule has 7 heteroatoms. The van der Waals surface area contributed by atoms with Crippen molar-refractivity contribution in [3.8, 4) is 5.75 Å². The highest BCUT2D eigenvalue weighted by Gasteiger charge is 2.13. The second-order valence-electron chi connectivity index (χ2n) is 5.22. The van der Waals surface area contributed by atoms with Gasteiger partial charge in [-0.3, -0.25) is 4.57 Å². The topological polar surface area (TPSA) is 80.1 Å². The Hall–Kier alpha value is -2.80. The molecule has 2 aromatic carbocycles. The summed E-state index contributed by atoms with van der Waals surface area (Å²) in [6.45, 7) is 4.41. The first-order valence-corrected chi connectivity index (χ1v) is 8.64. The summed E-state index contributed by atoms with van der Waals surface area (Å²) in [7, 11) is 0. The summed E-state index contributed by atoms with van der Waals surface area (Å²) in [6, 6.07) is 13.8. The maximum absolute atomic E-state index is 10.6. The zero-order valence-corrected chi connectivity index (χ0v) is 14.2. The Balaban J connectivity index is 1.80. The van der Waals surface area contributed by atoms with E-state index in [1.165, 1.54) is 0 Å². The summed E-state index contributed by atoms with van der Waals surface area (Å²) < 4.78 is 7.72. The number of hydrogen-bond acceptors (Lipinski definition) is 6. The number of hydrogen-bond donors (Lipinski definition) is 0. The molecule has 3 rings (SSSR count). The van der Waals surface area contributed by atoms with Crippen LogP contribution in [0.25, 0.3) is 10.8 Å². The van der Waals surface area contributed by atoms with Crippen molar-refractivity contribution in [3.63, 3.8) is 0 Å². The lowest BCUT2D eigenvalue weighted by Gasteiger charge is -2.11. The number of carboxylic acids is 1. The molecule has 0 saturated heterocycles. The second kappa shape index (κ2) is 7.85. The van der Waals surface area contributed by atoms with Crippen molar-refractivity contribution in [1.29, 1.82) is 0 Å². The molecule has 0 N–H and O–H groups in total. The summed E-state index contributed by atoms with van der Waals surface area (Å²) in [5.74, 6) is 0.0370. The molecule has 0 fully saturated rings. The average molecular weight is 354 g/mol. The van der Waals surface area contributed by atoms with Crippen LogP contribution in [0.15, 0.2) is 60.3 Å². The SMILES string of the molecule is C=CCn1c(COc2cccc3ccccc23)nnc1SCC(=O)[O-]. The Morgan fingerprint density at radius 2 is 2.04 bits per heavy atom. The summed E-state index contributed by atoms with van der Waals surface area (Å²) in [6.07, 6.45) is 1.70. The third-order valence-electron chi connectivity index (χ3n) is 3.53. The van der Waals surface area contributed by atoms with Crippen molar-refractivity contribution in [2.24, 2.45) is 0 Å². The molecule has 1 aromatic heterocycles. The molecule has 128 valence electrons. The largest absolute Gasteiger partial charge is 0.549 e. The molecule has 0 unspecified atom stereocenters. The minimum Gasteiger partial charge on any atom is -0.549 e. The number of nitrogens with zero attached hydrogens (tertiary/aromatic N) is 3. The highest BCUT2D eigenvalue weighted by atomic mass is 32.2. The zero-order chi connectivity index (χ0) is 17.6. The van der Waals surface area contributed by atoms with E-state index in [0.717, 1.165) is 28.3 Å². The van der Waals surface area contributed by atoms with E-state index in [1.807, 2.05) is 42.5 Å². The molecule has 0 amide bonds. The van der Waals surface area contributed by atoms with Gasteiger partial charge in [0.05, 0.1) is 5.97 Å². The predicted octanol–water partition coefficient (Wildman–Crippen LogP) is 2.04. The third-order valence-corrected chi connectivity index (χ3v) is 4.47. The third kappa shape index (κ3) is 4.00. The van der Waals surface area contributed by atoms with Crippen LogP contribution >= 0.6 is 11.8 Å². The monoisotopic (exact) mass is 354 g/mol. The number of benzene rings is 2. The van der Waals surface area contributed by atoms with Crippen molar-refractivity contribution < 1.29 is 14.6 Å². The van der Waals surface area contributed by atoms with Gasteiger partial charge in [0.15, 0.2) is 11.0 Å². The Morgan fingerprint density at radius 3 is 2.84 bits per heavy atom. The maximum Gasteiger partial charge on any atom is 0.191 e. The van der Waals surface area contributed by atoms with Crippen LogP contribution in [0.5, 0.6) is 5.75 Å². The Labute approximate surface area is 149 Å². The summed E-state index contributed by atoms with van der Waals surface area (Å²) >= 11 is 1.06. The number of aromatic nitrogens is 3.